The van der Waals surface area contributed by atoms with Crippen LogP contribution in [0.1, 0.15) is 25.7 Å². The van der Waals surface area contributed by atoms with Crippen LogP contribution in [-0.4, -0.2) is 34.3 Å². The molecular weight excluding hydrogens is 304 g/mol. The number of carbonyl (C=O) groups is 1. The zero-order valence-electron chi connectivity index (χ0n) is 13.5. The molecule has 2 N–H and O–H groups in total. The van der Waals surface area contributed by atoms with E-state index in [9.17, 15) is 4.79 Å². The van der Waals surface area contributed by atoms with E-state index < -0.39 is 0 Å². The molecule has 0 unspecified atom stereocenters. The van der Waals surface area contributed by atoms with Crippen molar-refractivity contribution in [3.63, 3.8) is 0 Å². The Labute approximate surface area is 141 Å². The molecule has 0 radical (unpaired) electrons. The van der Waals surface area contributed by atoms with Gasteiger partial charge < -0.3 is 10.1 Å². The number of rotatable bonds is 4. The molecule has 1 saturated heterocycles. The molecule has 2 atom stereocenters. The minimum atomic E-state index is -0.208. The number of hydrogen-bond acceptors (Lipinski definition) is 3. The quantitative estimate of drug-likeness (QED) is 0.907. The van der Waals surface area contributed by atoms with Gasteiger partial charge in [-0.25, -0.2) is 9.78 Å². The van der Waals surface area contributed by atoms with Crippen LogP contribution >= 0.6 is 0 Å². The number of imidazole rings is 1. The minimum absolute atomic E-state index is 0.171. The Hall–Kier alpha value is -2.34. The molecule has 2 aliphatic rings. The third kappa shape index (κ3) is 3.43. The van der Waals surface area contributed by atoms with Gasteiger partial charge in [0.1, 0.15) is 0 Å². The zero-order chi connectivity index (χ0) is 16.4. The molecule has 1 aliphatic carbocycles. The highest BCUT2D eigenvalue weighted by molar-refractivity contribution is 5.88. The molecule has 24 heavy (non-hydrogen) atoms. The van der Waals surface area contributed by atoms with E-state index in [1.807, 2.05) is 41.1 Å². The largest absolute Gasteiger partial charge is 0.378 e. The molecule has 6 nitrogen and oxygen atoms in total. The van der Waals surface area contributed by atoms with Crippen molar-refractivity contribution in [2.24, 2.45) is 5.92 Å². The topological polar surface area (TPSA) is 68.2 Å². The molecule has 0 spiro atoms. The summed E-state index contributed by atoms with van der Waals surface area (Å²) in [7, 11) is 0. The Bertz CT molecular complexity index is 696. The number of nitrogens with zero attached hydrogens (tertiary/aromatic N) is 2. The van der Waals surface area contributed by atoms with Crippen molar-refractivity contribution in [2.45, 2.75) is 37.8 Å². The van der Waals surface area contributed by atoms with Crippen LogP contribution in [0.25, 0.3) is 5.69 Å². The summed E-state index contributed by atoms with van der Waals surface area (Å²) in [5.74, 6) is 1.22. The number of hydrogen-bond donors (Lipinski definition) is 2. The van der Waals surface area contributed by atoms with Gasteiger partial charge in [-0.1, -0.05) is 18.2 Å². The lowest BCUT2D eigenvalue weighted by atomic mass is 10.0. The van der Waals surface area contributed by atoms with Crippen LogP contribution in [0.15, 0.2) is 42.7 Å². The standard InChI is InChI=1S/C18H22N4O2/c23-18(20-14-8-11-24-16(12-14)13-6-7-13)21-17-19-9-10-22(17)15-4-2-1-3-5-15/h1-5,9-10,13-14,16H,6-8,11-12H2,(H2,19,20,21,23)/t14-,16-/m1/s1. The molecule has 0 bridgehead atoms. The SMILES string of the molecule is O=C(Nc1nccn1-c1ccccc1)N[C@@H]1CCO[C@@H](C2CC2)C1. The van der Waals surface area contributed by atoms with E-state index in [0.717, 1.165) is 25.1 Å². The van der Waals surface area contributed by atoms with Gasteiger partial charge in [0.15, 0.2) is 0 Å². The first-order valence-corrected chi connectivity index (χ1v) is 8.57. The predicted molar refractivity (Wildman–Crippen MR) is 91.2 cm³/mol. The third-order valence-electron chi connectivity index (χ3n) is 4.70. The fourth-order valence-corrected chi connectivity index (χ4v) is 3.27. The molecule has 1 aromatic heterocycles. The lowest BCUT2D eigenvalue weighted by Crippen LogP contribution is -2.44. The van der Waals surface area contributed by atoms with Crippen LogP contribution in [0, 0.1) is 5.92 Å². The van der Waals surface area contributed by atoms with Crippen LogP contribution in [0.2, 0.25) is 0 Å². The first-order valence-electron chi connectivity index (χ1n) is 8.57. The van der Waals surface area contributed by atoms with E-state index >= 15 is 0 Å². The van der Waals surface area contributed by atoms with Gasteiger partial charge in [-0.2, -0.15) is 0 Å². The van der Waals surface area contributed by atoms with Crippen molar-refractivity contribution < 1.29 is 9.53 Å². The van der Waals surface area contributed by atoms with Gasteiger partial charge in [-0.3, -0.25) is 9.88 Å². The van der Waals surface area contributed by atoms with Crippen LogP contribution in [0.4, 0.5) is 10.7 Å². The second kappa shape index (κ2) is 6.65. The Balaban J connectivity index is 1.37. The molecule has 1 aliphatic heterocycles. The van der Waals surface area contributed by atoms with Crippen molar-refractivity contribution in [3.8, 4) is 5.69 Å². The molecule has 2 heterocycles. The maximum Gasteiger partial charge on any atom is 0.321 e. The number of ether oxygens (including phenoxy) is 1. The highest BCUT2D eigenvalue weighted by Crippen LogP contribution is 2.38. The summed E-state index contributed by atoms with van der Waals surface area (Å²) in [4.78, 5) is 16.6. The monoisotopic (exact) mass is 326 g/mol. The van der Waals surface area contributed by atoms with Crippen LogP contribution in [-0.2, 0) is 4.74 Å². The Morgan fingerprint density at radius 3 is 2.83 bits per heavy atom. The Kier molecular flexibility index (Phi) is 4.21. The van der Waals surface area contributed by atoms with Gasteiger partial charge in [0.25, 0.3) is 0 Å². The number of amides is 2. The number of benzene rings is 1. The van der Waals surface area contributed by atoms with Crippen LogP contribution in [0.5, 0.6) is 0 Å². The number of anilines is 1. The summed E-state index contributed by atoms with van der Waals surface area (Å²) >= 11 is 0. The second-order valence-electron chi connectivity index (χ2n) is 6.52. The fraction of sp³-hybridized carbons (Fsp3) is 0.444. The zero-order valence-corrected chi connectivity index (χ0v) is 13.5. The van der Waals surface area contributed by atoms with Crippen LogP contribution < -0.4 is 10.6 Å². The molecule has 6 heteroatoms. The number of nitrogens with one attached hydrogen (secondary N) is 2. The predicted octanol–water partition coefficient (Wildman–Crippen LogP) is 2.95. The van der Waals surface area contributed by atoms with E-state index in [-0.39, 0.29) is 12.1 Å². The minimum Gasteiger partial charge on any atom is -0.378 e. The average molecular weight is 326 g/mol. The van der Waals surface area contributed by atoms with Gasteiger partial charge in [-0.05, 0) is 43.7 Å². The first kappa shape index (κ1) is 15.2. The van der Waals surface area contributed by atoms with Crippen molar-refractivity contribution in [1.29, 1.82) is 0 Å². The van der Waals surface area contributed by atoms with Crippen molar-refractivity contribution in [1.82, 2.24) is 14.9 Å². The van der Waals surface area contributed by atoms with Gasteiger partial charge >= 0.3 is 6.03 Å². The van der Waals surface area contributed by atoms with E-state index in [4.69, 9.17) is 4.74 Å². The summed E-state index contributed by atoms with van der Waals surface area (Å²) in [6.45, 7) is 0.727. The highest BCUT2D eigenvalue weighted by Gasteiger charge is 2.36. The van der Waals surface area contributed by atoms with Crippen molar-refractivity contribution in [2.75, 3.05) is 11.9 Å². The Morgan fingerprint density at radius 2 is 2.04 bits per heavy atom. The van der Waals surface area contributed by atoms with E-state index in [2.05, 4.69) is 15.6 Å². The average Bonchev–Trinajstić information content (AvgIpc) is 3.36. The normalized spacial score (nSPS) is 23.7. The summed E-state index contributed by atoms with van der Waals surface area (Å²) in [6.07, 6.45) is 8.13. The Morgan fingerprint density at radius 1 is 1.21 bits per heavy atom. The first-order chi connectivity index (χ1) is 11.8. The van der Waals surface area contributed by atoms with Gasteiger partial charge in [0, 0.05) is 30.7 Å². The van der Waals surface area contributed by atoms with Gasteiger partial charge in [0.05, 0.1) is 6.10 Å². The second-order valence-corrected chi connectivity index (χ2v) is 6.52. The summed E-state index contributed by atoms with van der Waals surface area (Å²) in [5.41, 5.74) is 0.963. The molecule has 2 aromatic rings. The van der Waals surface area contributed by atoms with Gasteiger partial charge in [0.2, 0.25) is 5.95 Å². The van der Waals surface area contributed by atoms with Gasteiger partial charge in [-0.15, -0.1) is 0 Å². The molecular formula is C18H22N4O2. The van der Waals surface area contributed by atoms with Crippen LogP contribution in [0.3, 0.4) is 0 Å². The molecule has 2 fully saturated rings. The highest BCUT2D eigenvalue weighted by atomic mass is 16.5. The lowest BCUT2D eigenvalue weighted by Gasteiger charge is -2.30. The number of para-hydroxylation sites is 1. The molecule has 4 rings (SSSR count). The van der Waals surface area contributed by atoms with E-state index in [1.54, 1.807) is 6.20 Å². The molecule has 1 saturated carbocycles. The third-order valence-corrected chi connectivity index (χ3v) is 4.70. The summed E-state index contributed by atoms with van der Waals surface area (Å²) in [6, 6.07) is 9.79. The maximum atomic E-state index is 12.3. The van der Waals surface area contributed by atoms with Crippen molar-refractivity contribution in [3.05, 3.63) is 42.7 Å². The number of urea groups is 1. The smallest absolute Gasteiger partial charge is 0.321 e. The molecule has 126 valence electrons. The van der Waals surface area contributed by atoms with E-state index in [1.165, 1.54) is 12.8 Å². The fourth-order valence-electron chi connectivity index (χ4n) is 3.27. The number of carbonyl (C=O) groups excluding carboxylic acids is 1. The maximum absolute atomic E-state index is 12.3. The molecule has 2 amide bonds. The number of aromatic nitrogens is 2. The van der Waals surface area contributed by atoms with Crippen molar-refractivity contribution >= 4 is 12.0 Å². The van der Waals surface area contributed by atoms with E-state index in [0.29, 0.717) is 18.0 Å². The lowest BCUT2D eigenvalue weighted by molar-refractivity contribution is -0.00890. The molecule has 1 aromatic carbocycles. The summed E-state index contributed by atoms with van der Waals surface area (Å²) in [5, 5.41) is 5.92. The summed E-state index contributed by atoms with van der Waals surface area (Å²) < 4.78 is 7.67.